The van der Waals surface area contributed by atoms with E-state index in [1.807, 2.05) is 24.3 Å². The first-order valence-corrected chi connectivity index (χ1v) is 6.52. The summed E-state index contributed by atoms with van der Waals surface area (Å²) < 4.78 is 0. The SMILES string of the molecule is C=CC(=O)Nc1c(CO)ccc2c1Cc1ccccc1-2. The molecule has 0 aliphatic heterocycles. The molecule has 0 atom stereocenters. The van der Waals surface area contributed by atoms with Crippen molar-refractivity contribution < 1.29 is 9.90 Å². The normalized spacial score (nSPS) is 11.7. The molecule has 1 aliphatic carbocycles. The molecule has 0 saturated carbocycles. The van der Waals surface area contributed by atoms with E-state index in [0.717, 1.165) is 23.1 Å². The minimum atomic E-state index is -0.260. The van der Waals surface area contributed by atoms with E-state index in [0.29, 0.717) is 5.69 Å². The molecule has 20 heavy (non-hydrogen) atoms. The zero-order valence-corrected chi connectivity index (χ0v) is 11.0. The second kappa shape index (κ2) is 4.94. The van der Waals surface area contributed by atoms with E-state index < -0.39 is 0 Å². The molecule has 3 rings (SSSR count). The predicted octanol–water partition coefficient (Wildman–Crippen LogP) is 2.87. The largest absolute Gasteiger partial charge is 0.392 e. The number of amides is 1. The minimum absolute atomic E-state index is 0.101. The number of fused-ring (bicyclic) bond motifs is 3. The van der Waals surface area contributed by atoms with Crippen LogP contribution in [0.5, 0.6) is 0 Å². The molecular weight excluding hydrogens is 250 g/mol. The van der Waals surface area contributed by atoms with E-state index in [4.69, 9.17) is 0 Å². The molecule has 100 valence electrons. The van der Waals surface area contributed by atoms with E-state index in [9.17, 15) is 9.90 Å². The lowest BCUT2D eigenvalue weighted by Gasteiger charge is -2.13. The van der Waals surface area contributed by atoms with Gasteiger partial charge in [0, 0.05) is 12.0 Å². The second-order valence-electron chi connectivity index (χ2n) is 4.81. The number of aliphatic hydroxyl groups is 1. The van der Waals surface area contributed by atoms with Crippen LogP contribution in [0, 0.1) is 0 Å². The van der Waals surface area contributed by atoms with Gasteiger partial charge in [0.1, 0.15) is 0 Å². The number of hydrogen-bond donors (Lipinski definition) is 2. The third kappa shape index (κ3) is 1.92. The van der Waals surface area contributed by atoms with Gasteiger partial charge in [-0.15, -0.1) is 0 Å². The number of anilines is 1. The summed E-state index contributed by atoms with van der Waals surface area (Å²) in [5.74, 6) is -0.260. The van der Waals surface area contributed by atoms with Gasteiger partial charge in [0.05, 0.1) is 12.3 Å². The fourth-order valence-electron chi connectivity index (χ4n) is 2.72. The van der Waals surface area contributed by atoms with Crippen molar-refractivity contribution in [2.24, 2.45) is 0 Å². The quantitative estimate of drug-likeness (QED) is 0.715. The van der Waals surface area contributed by atoms with Gasteiger partial charge in [-0.2, -0.15) is 0 Å². The average molecular weight is 265 g/mol. The van der Waals surface area contributed by atoms with Gasteiger partial charge in [0.2, 0.25) is 5.91 Å². The molecule has 1 amide bonds. The van der Waals surface area contributed by atoms with Crippen LogP contribution in [-0.2, 0) is 17.8 Å². The summed E-state index contributed by atoms with van der Waals surface area (Å²) in [6.45, 7) is 3.37. The Bertz CT molecular complexity index is 704. The molecule has 2 aromatic carbocycles. The van der Waals surface area contributed by atoms with Crippen molar-refractivity contribution in [1.82, 2.24) is 0 Å². The first kappa shape index (κ1) is 12.6. The summed E-state index contributed by atoms with van der Waals surface area (Å²) in [6.07, 6.45) is 2.01. The van der Waals surface area contributed by atoms with E-state index in [2.05, 4.69) is 24.0 Å². The van der Waals surface area contributed by atoms with Crippen molar-refractivity contribution in [3.8, 4) is 11.1 Å². The van der Waals surface area contributed by atoms with Crippen molar-refractivity contribution in [2.45, 2.75) is 13.0 Å². The first-order valence-electron chi connectivity index (χ1n) is 6.52. The Morgan fingerprint density at radius 1 is 1.25 bits per heavy atom. The van der Waals surface area contributed by atoms with Crippen LogP contribution in [0.3, 0.4) is 0 Å². The van der Waals surface area contributed by atoms with Crippen molar-refractivity contribution in [3.05, 3.63) is 65.7 Å². The molecule has 3 nitrogen and oxygen atoms in total. The molecule has 0 bridgehead atoms. The summed E-state index contributed by atoms with van der Waals surface area (Å²) in [6, 6.07) is 12.1. The molecule has 0 aromatic heterocycles. The van der Waals surface area contributed by atoms with Crippen LogP contribution in [0.15, 0.2) is 49.1 Å². The smallest absolute Gasteiger partial charge is 0.247 e. The number of nitrogens with one attached hydrogen (secondary N) is 1. The molecule has 0 saturated heterocycles. The Kier molecular flexibility index (Phi) is 3.12. The fraction of sp³-hybridized carbons (Fsp3) is 0.118. The van der Waals surface area contributed by atoms with E-state index in [1.54, 1.807) is 0 Å². The molecular formula is C17H15NO2. The molecule has 3 heteroatoms. The van der Waals surface area contributed by atoms with Crippen LogP contribution in [0.1, 0.15) is 16.7 Å². The summed E-state index contributed by atoms with van der Waals surface area (Å²) in [4.78, 5) is 11.6. The monoisotopic (exact) mass is 265 g/mol. The lowest BCUT2D eigenvalue weighted by Crippen LogP contribution is -2.11. The van der Waals surface area contributed by atoms with Gasteiger partial charge in [0.25, 0.3) is 0 Å². The van der Waals surface area contributed by atoms with Gasteiger partial charge in [0.15, 0.2) is 0 Å². The minimum Gasteiger partial charge on any atom is -0.392 e. The molecule has 2 N–H and O–H groups in total. The maximum Gasteiger partial charge on any atom is 0.247 e. The number of aliphatic hydroxyl groups excluding tert-OH is 1. The average Bonchev–Trinajstić information content (AvgIpc) is 2.86. The maximum absolute atomic E-state index is 11.6. The first-order chi connectivity index (χ1) is 9.74. The number of rotatable bonds is 3. The molecule has 0 unspecified atom stereocenters. The Morgan fingerprint density at radius 2 is 2.05 bits per heavy atom. The number of benzene rings is 2. The summed E-state index contributed by atoms with van der Waals surface area (Å²) >= 11 is 0. The van der Waals surface area contributed by atoms with E-state index in [1.165, 1.54) is 17.2 Å². The summed E-state index contributed by atoms with van der Waals surface area (Å²) in [5.41, 5.74) is 6.07. The fourth-order valence-corrected chi connectivity index (χ4v) is 2.72. The van der Waals surface area contributed by atoms with Gasteiger partial charge in [-0.3, -0.25) is 4.79 Å². The van der Waals surface area contributed by atoms with Gasteiger partial charge in [-0.05, 0) is 28.3 Å². The van der Waals surface area contributed by atoms with Gasteiger partial charge in [-0.25, -0.2) is 0 Å². The van der Waals surface area contributed by atoms with Crippen LogP contribution < -0.4 is 5.32 Å². The molecule has 2 aromatic rings. The summed E-state index contributed by atoms with van der Waals surface area (Å²) in [5, 5.41) is 12.3. The zero-order valence-electron chi connectivity index (χ0n) is 11.0. The van der Waals surface area contributed by atoms with Crippen LogP contribution in [0.2, 0.25) is 0 Å². The third-order valence-corrected chi connectivity index (χ3v) is 3.68. The van der Waals surface area contributed by atoms with E-state index in [-0.39, 0.29) is 12.5 Å². The topological polar surface area (TPSA) is 49.3 Å². The van der Waals surface area contributed by atoms with Gasteiger partial charge < -0.3 is 10.4 Å². The Hall–Kier alpha value is -2.39. The van der Waals surface area contributed by atoms with Crippen LogP contribution >= 0.6 is 0 Å². The Morgan fingerprint density at radius 3 is 2.80 bits per heavy atom. The van der Waals surface area contributed by atoms with Crippen molar-refractivity contribution in [1.29, 1.82) is 0 Å². The number of hydrogen-bond acceptors (Lipinski definition) is 2. The van der Waals surface area contributed by atoms with Gasteiger partial charge >= 0.3 is 0 Å². The third-order valence-electron chi connectivity index (χ3n) is 3.68. The lowest BCUT2D eigenvalue weighted by atomic mass is 10.0. The van der Waals surface area contributed by atoms with Crippen molar-refractivity contribution in [2.75, 3.05) is 5.32 Å². The standard InChI is InChI=1S/C17H15NO2/c1-2-16(20)18-17-12(10-19)7-8-14-13-6-4-3-5-11(13)9-15(14)17/h2-8,19H,1,9-10H2,(H,18,20). The lowest BCUT2D eigenvalue weighted by molar-refractivity contribution is -0.111. The zero-order chi connectivity index (χ0) is 14.1. The number of carbonyl (C=O) groups is 1. The number of carbonyl (C=O) groups excluding carboxylic acids is 1. The van der Waals surface area contributed by atoms with E-state index >= 15 is 0 Å². The van der Waals surface area contributed by atoms with Gasteiger partial charge in [-0.1, -0.05) is 43.0 Å². The highest BCUT2D eigenvalue weighted by molar-refractivity contribution is 6.01. The maximum atomic E-state index is 11.6. The Labute approximate surface area is 117 Å². The van der Waals surface area contributed by atoms with Crippen LogP contribution in [0.4, 0.5) is 5.69 Å². The molecule has 0 heterocycles. The Balaban J connectivity index is 2.15. The highest BCUT2D eigenvalue weighted by atomic mass is 16.3. The van der Waals surface area contributed by atoms with Crippen LogP contribution in [0.25, 0.3) is 11.1 Å². The molecule has 0 spiro atoms. The summed E-state index contributed by atoms with van der Waals surface area (Å²) in [7, 11) is 0. The van der Waals surface area contributed by atoms with Crippen molar-refractivity contribution in [3.63, 3.8) is 0 Å². The second-order valence-corrected chi connectivity index (χ2v) is 4.81. The highest BCUT2D eigenvalue weighted by Crippen LogP contribution is 2.41. The molecule has 1 aliphatic rings. The molecule has 0 radical (unpaired) electrons. The van der Waals surface area contributed by atoms with Crippen LogP contribution in [-0.4, -0.2) is 11.0 Å². The van der Waals surface area contributed by atoms with Crippen molar-refractivity contribution >= 4 is 11.6 Å². The molecule has 0 fully saturated rings. The predicted molar refractivity (Wildman–Crippen MR) is 79.4 cm³/mol. The highest BCUT2D eigenvalue weighted by Gasteiger charge is 2.23.